The highest BCUT2D eigenvalue weighted by Crippen LogP contribution is 2.71. The third-order valence-corrected chi connectivity index (χ3v) is 18.1. The maximum atomic E-state index is 12.0. The van der Waals surface area contributed by atoms with Gasteiger partial charge in [0.15, 0.2) is 30.9 Å². The zero-order valence-electron chi connectivity index (χ0n) is 38.6. The van der Waals surface area contributed by atoms with Crippen LogP contribution in [0.5, 0.6) is 0 Å². The predicted octanol–water partition coefficient (Wildman–Crippen LogP) is 0.577. The highest BCUT2D eigenvalue weighted by molar-refractivity contribution is 5.26. The van der Waals surface area contributed by atoms with Crippen molar-refractivity contribution in [3.05, 3.63) is 11.6 Å². The normalized spacial score (nSPS) is 56.7. The monoisotopic (exact) mass is 929 g/mol. The molecule has 0 aromatic carbocycles. The summed E-state index contributed by atoms with van der Waals surface area (Å²) < 4.78 is 56.4. The Labute approximate surface area is 381 Å². The van der Waals surface area contributed by atoms with Gasteiger partial charge in [-0.1, -0.05) is 39.3 Å². The lowest BCUT2D eigenvalue weighted by Gasteiger charge is -2.59. The van der Waals surface area contributed by atoms with Crippen LogP contribution in [0.4, 0.5) is 0 Å². The van der Waals surface area contributed by atoms with Gasteiger partial charge >= 0.3 is 0 Å². The molecule has 5 saturated heterocycles. The predicted molar refractivity (Wildman–Crippen MR) is 225 cm³/mol. The van der Waals surface area contributed by atoms with Crippen LogP contribution >= 0.6 is 0 Å². The molecule has 8 fully saturated rings. The molecule has 0 aromatic rings. The summed E-state index contributed by atoms with van der Waals surface area (Å²) in [5.74, 6) is 1.92. The summed E-state index contributed by atoms with van der Waals surface area (Å²) in [5, 5.41) is 95.9. The van der Waals surface area contributed by atoms with Gasteiger partial charge in [-0.2, -0.15) is 0 Å². The quantitative estimate of drug-likeness (QED) is 0.136. The summed E-state index contributed by atoms with van der Waals surface area (Å²) in [4.78, 5) is 0. The number of rotatable bonds is 10. The van der Waals surface area contributed by atoms with Gasteiger partial charge in [-0.3, -0.25) is 0 Å². The van der Waals surface area contributed by atoms with Gasteiger partial charge in [0.2, 0.25) is 0 Å². The minimum Gasteiger partial charge on any atom is -0.394 e. The van der Waals surface area contributed by atoms with Crippen molar-refractivity contribution in [2.24, 2.45) is 46.3 Å². The Morgan fingerprint density at radius 2 is 1.34 bits per heavy atom. The Morgan fingerprint density at radius 3 is 2.05 bits per heavy atom. The molecule has 18 heteroatoms. The molecule has 0 aromatic heterocycles. The molecule has 9 rings (SSSR count). The molecule has 5 heterocycles. The van der Waals surface area contributed by atoms with Gasteiger partial charge in [0.25, 0.3) is 0 Å². The van der Waals surface area contributed by atoms with Gasteiger partial charge in [0.05, 0.1) is 31.5 Å². The van der Waals surface area contributed by atoms with E-state index in [1.807, 2.05) is 6.92 Å². The Hall–Kier alpha value is -0.980. The van der Waals surface area contributed by atoms with Crippen LogP contribution in [-0.4, -0.2) is 182 Å². The summed E-state index contributed by atoms with van der Waals surface area (Å²) in [6.07, 6.45) is -12.8. The minimum absolute atomic E-state index is 0.0587. The number of fused-ring (bicyclic) bond motifs is 7. The number of allylic oxidation sites excluding steroid dienone is 1. The highest BCUT2D eigenvalue weighted by Gasteiger charge is 2.69. The van der Waals surface area contributed by atoms with Gasteiger partial charge in [-0.15, -0.1) is 0 Å². The molecule has 27 atom stereocenters. The van der Waals surface area contributed by atoms with Crippen LogP contribution in [-0.2, 0) is 42.6 Å². The fourth-order valence-electron chi connectivity index (χ4n) is 14.4. The number of hydrogen-bond acceptors (Lipinski definition) is 18. The van der Waals surface area contributed by atoms with E-state index in [9.17, 15) is 46.0 Å². The molecule has 3 saturated carbocycles. The van der Waals surface area contributed by atoms with Crippen LogP contribution in [0, 0.1) is 46.3 Å². The molecule has 372 valence electrons. The minimum atomic E-state index is -1.82. The van der Waals surface area contributed by atoms with Crippen LogP contribution in [0.2, 0.25) is 0 Å². The number of aliphatic hydroxyl groups excluding tert-OH is 9. The standard InChI is InChI=1S/C47H76O18/c1-7-57-41-20(2)10-15-47(65-41)21(3)31-28(64-47)17-27-25-9-8-23-16-24(11-13-45(23,5)26(25)12-14-46(27,31)6)59-44-40(63-42-36(54)34(52)32(50)22(4)58-42)38(56)39(30(19-49)61-44)62-43-37(55)35(53)33(51)29(18-48)60-43/h8,20-22,24-44,48-56H,7,9-19H2,1-6H3. The van der Waals surface area contributed by atoms with E-state index in [1.165, 1.54) is 12.5 Å². The van der Waals surface area contributed by atoms with Crippen LogP contribution in [0.15, 0.2) is 11.6 Å². The molecule has 0 amide bonds. The summed E-state index contributed by atoms with van der Waals surface area (Å²) >= 11 is 0. The van der Waals surface area contributed by atoms with Crippen molar-refractivity contribution in [2.45, 2.75) is 216 Å². The number of aliphatic hydroxyl groups is 9. The van der Waals surface area contributed by atoms with Crippen LogP contribution in [0.1, 0.15) is 99.3 Å². The maximum Gasteiger partial charge on any atom is 0.187 e. The van der Waals surface area contributed by atoms with Crippen molar-refractivity contribution in [3.63, 3.8) is 0 Å². The lowest BCUT2D eigenvalue weighted by atomic mass is 9.47. The summed E-state index contributed by atoms with van der Waals surface area (Å²) in [7, 11) is 0. The Morgan fingerprint density at radius 1 is 0.662 bits per heavy atom. The van der Waals surface area contributed by atoms with E-state index in [0.29, 0.717) is 49.0 Å². The van der Waals surface area contributed by atoms with Crippen molar-refractivity contribution >= 4 is 0 Å². The molecular formula is C47H76O18. The van der Waals surface area contributed by atoms with E-state index < -0.39 is 117 Å². The van der Waals surface area contributed by atoms with Crippen molar-refractivity contribution in [1.29, 1.82) is 0 Å². The fourth-order valence-corrected chi connectivity index (χ4v) is 14.4. The molecule has 9 aliphatic rings. The third-order valence-electron chi connectivity index (χ3n) is 18.1. The first-order chi connectivity index (χ1) is 30.9. The van der Waals surface area contributed by atoms with Gasteiger partial charge in [0, 0.05) is 24.9 Å². The molecule has 27 unspecified atom stereocenters. The molecule has 9 N–H and O–H groups in total. The third kappa shape index (κ3) is 8.21. The van der Waals surface area contributed by atoms with E-state index in [-0.39, 0.29) is 29.1 Å². The van der Waals surface area contributed by atoms with Crippen LogP contribution < -0.4 is 0 Å². The second-order valence-corrected chi connectivity index (χ2v) is 21.6. The Balaban J connectivity index is 0.911. The largest absolute Gasteiger partial charge is 0.394 e. The molecule has 18 nitrogen and oxygen atoms in total. The molecule has 0 bridgehead atoms. The Kier molecular flexibility index (Phi) is 14.1. The first kappa shape index (κ1) is 49.0. The lowest BCUT2D eigenvalue weighted by molar-refractivity contribution is -0.389. The second kappa shape index (κ2) is 18.6. The number of ether oxygens (including phenoxy) is 9. The van der Waals surface area contributed by atoms with Crippen molar-refractivity contribution in [1.82, 2.24) is 0 Å². The van der Waals surface area contributed by atoms with Gasteiger partial charge in [0.1, 0.15) is 67.1 Å². The average Bonchev–Trinajstić information content (AvgIpc) is 3.73. The number of hydrogen-bond donors (Lipinski definition) is 9. The Bertz CT molecular complexity index is 1690. The SMILES string of the molecule is CCOC1OC2(CCC1C)OC1CC3C4CC=C5CC(OC6OC(CO)C(OC7OC(CO)C(O)C(O)C7O)C(O)C6OC6OC(C)C(O)C(O)C6O)CCC5(C)C4CCC3(C)C1C2C. The molecule has 1 spiro atoms. The van der Waals surface area contributed by atoms with Gasteiger partial charge in [-0.05, 0) is 99.7 Å². The highest BCUT2D eigenvalue weighted by atomic mass is 16.8. The molecule has 65 heavy (non-hydrogen) atoms. The van der Waals surface area contributed by atoms with E-state index in [1.54, 1.807) is 0 Å². The topological polar surface area (TPSA) is 265 Å². The fraction of sp³-hybridized carbons (Fsp3) is 0.957. The van der Waals surface area contributed by atoms with E-state index in [2.05, 4.69) is 33.8 Å². The molecular weight excluding hydrogens is 852 g/mol. The smallest absolute Gasteiger partial charge is 0.187 e. The first-order valence-electron chi connectivity index (χ1n) is 24.5. The zero-order chi connectivity index (χ0) is 46.5. The summed E-state index contributed by atoms with van der Waals surface area (Å²) in [5.41, 5.74) is 1.39. The summed E-state index contributed by atoms with van der Waals surface area (Å²) in [6.45, 7) is 12.2. The summed E-state index contributed by atoms with van der Waals surface area (Å²) in [6, 6.07) is 0. The van der Waals surface area contributed by atoms with Crippen LogP contribution in [0.25, 0.3) is 0 Å². The second-order valence-electron chi connectivity index (χ2n) is 21.6. The van der Waals surface area contributed by atoms with E-state index >= 15 is 0 Å². The maximum absolute atomic E-state index is 12.0. The lowest BCUT2D eigenvalue weighted by Crippen LogP contribution is -2.67. The molecule has 4 aliphatic carbocycles. The van der Waals surface area contributed by atoms with Crippen LogP contribution in [0.3, 0.4) is 0 Å². The van der Waals surface area contributed by atoms with Gasteiger partial charge in [-0.25, -0.2) is 0 Å². The van der Waals surface area contributed by atoms with Crippen molar-refractivity contribution in [2.75, 3.05) is 19.8 Å². The zero-order valence-corrected chi connectivity index (χ0v) is 38.6. The van der Waals surface area contributed by atoms with E-state index in [4.69, 9.17) is 42.6 Å². The van der Waals surface area contributed by atoms with Gasteiger partial charge < -0.3 is 88.6 Å². The van der Waals surface area contributed by atoms with Crippen molar-refractivity contribution < 1.29 is 88.6 Å². The molecule has 5 aliphatic heterocycles. The average molecular weight is 929 g/mol. The first-order valence-corrected chi connectivity index (χ1v) is 24.5. The van der Waals surface area contributed by atoms with Crippen molar-refractivity contribution in [3.8, 4) is 0 Å². The van der Waals surface area contributed by atoms with E-state index in [0.717, 1.165) is 44.9 Å². The molecule has 0 radical (unpaired) electrons.